The summed E-state index contributed by atoms with van der Waals surface area (Å²) >= 11 is 0. The third-order valence-electron chi connectivity index (χ3n) is 2.83. The smallest absolute Gasteiger partial charge is 0.267 e. The minimum absolute atomic E-state index is 0.174. The van der Waals surface area contributed by atoms with Gasteiger partial charge < -0.3 is 5.73 Å². The van der Waals surface area contributed by atoms with Gasteiger partial charge in [-0.05, 0) is 12.1 Å². The second kappa shape index (κ2) is 5.12. The van der Waals surface area contributed by atoms with Crippen molar-refractivity contribution in [2.45, 2.75) is 0 Å². The lowest BCUT2D eigenvalue weighted by Gasteiger charge is -2.00. The van der Waals surface area contributed by atoms with Crippen molar-refractivity contribution < 1.29 is 9.18 Å². The van der Waals surface area contributed by atoms with Crippen LogP contribution in [0.15, 0.2) is 49.1 Å². The van der Waals surface area contributed by atoms with E-state index in [1.54, 1.807) is 24.5 Å². The molecule has 3 aromatic rings. The summed E-state index contributed by atoms with van der Waals surface area (Å²) in [7, 11) is 0. The summed E-state index contributed by atoms with van der Waals surface area (Å²) in [5, 5.41) is 4.13. The number of pyridine rings is 2. The van der Waals surface area contributed by atoms with Gasteiger partial charge in [0.25, 0.3) is 5.91 Å². The number of nitrogens with two attached hydrogens (primary N) is 1. The lowest BCUT2D eigenvalue weighted by Crippen LogP contribution is -2.12. The fraction of sp³-hybridized carbons (Fsp3) is 0. The fourth-order valence-electron chi connectivity index (χ4n) is 1.85. The molecule has 0 aliphatic rings. The molecule has 0 aliphatic carbocycles. The van der Waals surface area contributed by atoms with Crippen molar-refractivity contribution in [1.82, 2.24) is 19.7 Å². The first-order valence-electron chi connectivity index (χ1n) is 6.06. The number of amides is 1. The lowest BCUT2D eigenvalue weighted by atomic mass is 10.2. The lowest BCUT2D eigenvalue weighted by molar-refractivity contribution is 0.0995. The van der Waals surface area contributed by atoms with Crippen LogP contribution in [0, 0.1) is 5.82 Å². The molecule has 21 heavy (non-hydrogen) atoms. The first-order valence-corrected chi connectivity index (χ1v) is 6.06. The van der Waals surface area contributed by atoms with Crippen LogP contribution in [-0.4, -0.2) is 25.7 Å². The average molecular weight is 283 g/mol. The zero-order chi connectivity index (χ0) is 14.8. The van der Waals surface area contributed by atoms with Crippen LogP contribution in [0.25, 0.3) is 16.9 Å². The van der Waals surface area contributed by atoms with Gasteiger partial charge in [0.2, 0.25) is 0 Å². The van der Waals surface area contributed by atoms with E-state index < -0.39 is 11.7 Å². The van der Waals surface area contributed by atoms with Crippen molar-refractivity contribution >= 4 is 5.91 Å². The molecule has 0 spiro atoms. The van der Waals surface area contributed by atoms with E-state index in [9.17, 15) is 9.18 Å². The molecule has 0 aromatic carbocycles. The molecule has 0 saturated carbocycles. The van der Waals surface area contributed by atoms with Crippen molar-refractivity contribution in [2.75, 3.05) is 0 Å². The standard InChI is InChI=1S/C14H10FN5O/c15-10-4-11(7-17-6-10)20-8-9(5-18-20)12-2-1-3-13(19-12)14(16)21/h1-8H,(H2,16,21). The fourth-order valence-corrected chi connectivity index (χ4v) is 1.85. The molecule has 0 bridgehead atoms. The van der Waals surface area contributed by atoms with Gasteiger partial charge in [0.05, 0.1) is 30.0 Å². The van der Waals surface area contributed by atoms with Crippen molar-refractivity contribution in [3.05, 3.63) is 60.6 Å². The summed E-state index contributed by atoms with van der Waals surface area (Å²) in [5.74, 6) is -1.04. The van der Waals surface area contributed by atoms with Gasteiger partial charge in [0.1, 0.15) is 11.5 Å². The Morgan fingerprint density at radius 1 is 1.24 bits per heavy atom. The summed E-state index contributed by atoms with van der Waals surface area (Å²) in [4.78, 5) is 19.1. The molecule has 7 heteroatoms. The molecule has 3 rings (SSSR count). The van der Waals surface area contributed by atoms with E-state index in [1.165, 1.54) is 23.0 Å². The molecule has 0 radical (unpaired) electrons. The number of carbonyl (C=O) groups is 1. The summed E-state index contributed by atoms with van der Waals surface area (Å²) < 4.78 is 14.6. The van der Waals surface area contributed by atoms with Gasteiger partial charge in [-0.3, -0.25) is 9.78 Å². The van der Waals surface area contributed by atoms with Gasteiger partial charge in [-0.25, -0.2) is 14.1 Å². The van der Waals surface area contributed by atoms with E-state index in [-0.39, 0.29) is 5.69 Å². The van der Waals surface area contributed by atoms with E-state index >= 15 is 0 Å². The maximum atomic E-state index is 13.2. The monoisotopic (exact) mass is 283 g/mol. The van der Waals surface area contributed by atoms with Crippen LogP contribution in [0.1, 0.15) is 10.5 Å². The molecule has 6 nitrogen and oxygen atoms in total. The van der Waals surface area contributed by atoms with Crippen LogP contribution >= 0.6 is 0 Å². The quantitative estimate of drug-likeness (QED) is 0.790. The predicted molar refractivity (Wildman–Crippen MR) is 73.1 cm³/mol. The van der Waals surface area contributed by atoms with E-state index in [0.29, 0.717) is 16.9 Å². The molecule has 3 heterocycles. The van der Waals surface area contributed by atoms with Gasteiger partial charge in [0.15, 0.2) is 0 Å². The Morgan fingerprint density at radius 3 is 2.86 bits per heavy atom. The Hall–Kier alpha value is -3.09. The second-order valence-corrected chi connectivity index (χ2v) is 4.31. The number of nitrogens with zero attached hydrogens (tertiary/aromatic N) is 4. The van der Waals surface area contributed by atoms with E-state index in [0.717, 1.165) is 6.20 Å². The van der Waals surface area contributed by atoms with Crippen LogP contribution < -0.4 is 5.73 Å². The third-order valence-corrected chi connectivity index (χ3v) is 2.83. The van der Waals surface area contributed by atoms with Gasteiger partial charge in [-0.15, -0.1) is 0 Å². The maximum Gasteiger partial charge on any atom is 0.267 e. The van der Waals surface area contributed by atoms with Gasteiger partial charge in [-0.2, -0.15) is 5.10 Å². The first kappa shape index (κ1) is 12.9. The average Bonchev–Trinajstić information content (AvgIpc) is 2.97. The number of carbonyl (C=O) groups excluding carboxylic acids is 1. The number of halogens is 1. The van der Waals surface area contributed by atoms with Crippen LogP contribution in [0.3, 0.4) is 0 Å². The summed E-state index contributed by atoms with van der Waals surface area (Å²) in [6.45, 7) is 0. The predicted octanol–water partition coefficient (Wildman–Crippen LogP) is 1.57. The zero-order valence-electron chi connectivity index (χ0n) is 10.8. The topological polar surface area (TPSA) is 86.7 Å². The van der Waals surface area contributed by atoms with E-state index in [1.807, 2.05) is 0 Å². The highest BCUT2D eigenvalue weighted by molar-refractivity contribution is 5.91. The zero-order valence-corrected chi connectivity index (χ0v) is 10.8. The third kappa shape index (κ3) is 2.62. The molecular formula is C14H10FN5O. The van der Waals surface area contributed by atoms with Crippen LogP contribution in [0.4, 0.5) is 4.39 Å². The number of rotatable bonds is 3. The first-order chi connectivity index (χ1) is 10.1. The SMILES string of the molecule is NC(=O)c1cccc(-c2cnn(-c3cncc(F)c3)c2)n1. The van der Waals surface area contributed by atoms with E-state index in [2.05, 4.69) is 15.1 Å². The molecule has 104 valence electrons. The molecule has 3 aromatic heterocycles. The molecule has 0 unspecified atom stereocenters. The highest BCUT2D eigenvalue weighted by Gasteiger charge is 2.08. The molecule has 0 saturated heterocycles. The number of hydrogen-bond acceptors (Lipinski definition) is 4. The summed E-state index contributed by atoms with van der Waals surface area (Å²) in [6.07, 6.45) is 5.85. The van der Waals surface area contributed by atoms with Crippen LogP contribution in [0.5, 0.6) is 0 Å². The summed E-state index contributed by atoms with van der Waals surface area (Å²) in [6, 6.07) is 6.27. The highest BCUT2D eigenvalue weighted by Crippen LogP contribution is 2.18. The summed E-state index contributed by atoms with van der Waals surface area (Å²) in [5.41, 5.74) is 7.11. The molecule has 1 amide bonds. The molecule has 0 atom stereocenters. The number of aromatic nitrogens is 4. The second-order valence-electron chi connectivity index (χ2n) is 4.31. The Kier molecular flexibility index (Phi) is 3.15. The number of hydrogen-bond donors (Lipinski definition) is 1. The maximum absolute atomic E-state index is 13.2. The Labute approximate surface area is 119 Å². The van der Waals surface area contributed by atoms with Crippen LogP contribution in [0.2, 0.25) is 0 Å². The van der Waals surface area contributed by atoms with Crippen molar-refractivity contribution in [3.8, 4) is 16.9 Å². The molecular weight excluding hydrogens is 273 g/mol. The minimum atomic E-state index is -0.599. The van der Waals surface area contributed by atoms with Crippen LogP contribution in [-0.2, 0) is 0 Å². The molecule has 2 N–H and O–H groups in total. The van der Waals surface area contributed by atoms with Crippen molar-refractivity contribution in [3.63, 3.8) is 0 Å². The Morgan fingerprint density at radius 2 is 2.10 bits per heavy atom. The molecule has 0 aliphatic heterocycles. The normalized spacial score (nSPS) is 10.5. The highest BCUT2D eigenvalue weighted by atomic mass is 19.1. The van der Waals surface area contributed by atoms with Crippen molar-refractivity contribution in [2.24, 2.45) is 5.73 Å². The Bertz CT molecular complexity index is 814. The van der Waals surface area contributed by atoms with Gasteiger partial charge in [-0.1, -0.05) is 6.07 Å². The van der Waals surface area contributed by atoms with Crippen molar-refractivity contribution in [1.29, 1.82) is 0 Å². The largest absolute Gasteiger partial charge is 0.364 e. The Balaban J connectivity index is 1.98. The number of primary amides is 1. The van der Waals surface area contributed by atoms with Gasteiger partial charge >= 0.3 is 0 Å². The minimum Gasteiger partial charge on any atom is -0.364 e. The van der Waals surface area contributed by atoms with E-state index in [4.69, 9.17) is 5.73 Å². The van der Waals surface area contributed by atoms with Gasteiger partial charge in [0, 0.05) is 17.8 Å². The molecule has 0 fully saturated rings.